The zero-order chi connectivity index (χ0) is 16.8. The third kappa shape index (κ3) is 5.60. The zero-order valence-electron chi connectivity index (χ0n) is 14.1. The van der Waals surface area contributed by atoms with Gasteiger partial charge in [0.25, 0.3) is 0 Å². The molecule has 0 aromatic carbocycles. The highest BCUT2D eigenvalue weighted by molar-refractivity contribution is 5.76. The third-order valence-electron chi connectivity index (χ3n) is 3.21. The summed E-state index contributed by atoms with van der Waals surface area (Å²) in [5, 5.41) is 12.4. The summed E-state index contributed by atoms with van der Waals surface area (Å²) in [6.45, 7) is 8.47. The number of ether oxygens (including phenoxy) is 1. The molecule has 6 nitrogen and oxygen atoms in total. The Morgan fingerprint density at radius 2 is 2.09 bits per heavy atom. The van der Waals surface area contributed by atoms with Gasteiger partial charge < -0.3 is 15.2 Å². The van der Waals surface area contributed by atoms with Crippen LogP contribution in [0.25, 0.3) is 0 Å². The summed E-state index contributed by atoms with van der Waals surface area (Å²) in [4.78, 5) is 20.3. The molecule has 0 saturated carbocycles. The van der Waals surface area contributed by atoms with E-state index in [2.05, 4.69) is 15.3 Å². The second-order valence-corrected chi connectivity index (χ2v) is 6.43. The average Bonchev–Trinajstić information content (AvgIpc) is 2.42. The molecule has 22 heavy (non-hydrogen) atoms. The van der Waals surface area contributed by atoms with Crippen LogP contribution in [0.1, 0.15) is 58.5 Å². The number of carboxylic acid groups (broad SMARTS) is 1. The van der Waals surface area contributed by atoms with Gasteiger partial charge in [-0.05, 0) is 6.42 Å². The van der Waals surface area contributed by atoms with E-state index in [-0.39, 0.29) is 5.41 Å². The fourth-order valence-corrected chi connectivity index (χ4v) is 1.97. The molecule has 0 fully saturated rings. The van der Waals surface area contributed by atoms with E-state index in [4.69, 9.17) is 4.74 Å². The number of aromatic nitrogens is 2. The number of carbonyl (C=O) groups is 1. The Bertz CT molecular complexity index is 498. The van der Waals surface area contributed by atoms with Crippen molar-refractivity contribution in [2.75, 3.05) is 12.4 Å². The van der Waals surface area contributed by atoms with Crippen molar-refractivity contribution in [3.63, 3.8) is 0 Å². The van der Waals surface area contributed by atoms with Crippen molar-refractivity contribution in [3.8, 4) is 0 Å². The van der Waals surface area contributed by atoms with Gasteiger partial charge in [-0.3, -0.25) is 0 Å². The fraction of sp³-hybridized carbons (Fsp3) is 0.688. The van der Waals surface area contributed by atoms with Crippen LogP contribution in [0, 0.1) is 0 Å². The first-order valence-corrected chi connectivity index (χ1v) is 7.64. The smallest absolute Gasteiger partial charge is 0.326 e. The van der Waals surface area contributed by atoms with Gasteiger partial charge in [-0.1, -0.05) is 40.5 Å². The molecule has 1 aromatic rings. The number of rotatable bonds is 8. The van der Waals surface area contributed by atoms with Crippen molar-refractivity contribution in [3.05, 3.63) is 17.6 Å². The van der Waals surface area contributed by atoms with E-state index in [0.717, 1.165) is 18.5 Å². The van der Waals surface area contributed by atoms with Crippen LogP contribution in [0.5, 0.6) is 0 Å². The molecule has 1 aromatic heterocycles. The van der Waals surface area contributed by atoms with Gasteiger partial charge in [-0.15, -0.1) is 0 Å². The number of hydrogen-bond acceptors (Lipinski definition) is 5. The SMILES string of the molecule is CCCCC(Nc1cc(COC)nc(C(C)(C)C)n1)C(=O)O. The predicted molar refractivity (Wildman–Crippen MR) is 86.0 cm³/mol. The molecule has 124 valence electrons. The van der Waals surface area contributed by atoms with Crippen LogP contribution < -0.4 is 5.32 Å². The second-order valence-electron chi connectivity index (χ2n) is 6.43. The molecule has 6 heteroatoms. The van der Waals surface area contributed by atoms with E-state index in [9.17, 15) is 9.90 Å². The normalized spacial score (nSPS) is 13.0. The highest BCUT2D eigenvalue weighted by Gasteiger charge is 2.22. The molecule has 1 unspecified atom stereocenters. The quantitative estimate of drug-likeness (QED) is 0.768. The Kier molecular flexibility index (Phi) is 6.74. The van der Waals surface area contributed by atoms with Crippen LogP contribution in [-0.4, -0.2) is 34.2 Å². The molecule has 1 rings (SSSR count). The Labute approximate surface area is 132 Å². The first-order chi connectivity index (χ1) is 10.3. The Morgan fingerprint density at radius 3 is 2.59 bits per heavy atom. The number of nitrogens with one attached hydrogen (secondary N) is 1. The summed E-state index contributed by atoms with van der Waals surface area (Å²) >= 11 is 0. The maximum Gasteiger partial charge on any atom is 0.326 e. The molecular weight excluding hydrogens is 282 g/mol. The monoisotopic (exact) mass is 309 g/mol. The molecule has 0 amide bonds. The van der Waals surface area contributed by atoms with Crippen molar-refractivity contribution >= 4 is 11.8 Å². The van der Waals surface area contributed by atoms with Gasteiger partial charge in [0, 0.05) is 18.6 Å². The number of aliphatic carboxylic acids is 1. The third-order valence-corrected chi connectivity index (χ3v) is 3.21. The number of anilines is 1. The van der Waals surface area contributed by atoms with Crippen molar-refractivity contribution in [1.82, 2.24) is 9.97 Å². The number of hydrogen-bond donors (Lipinski definition) is 2. The highest BCUT2D eigenvalue weighted by atomic mass is 16.5. The standard InChI is InChI=1S/C16H27N3O3/c1-6-7-8-12(14(20)21)18-13-9-11(10-22-5)17-15(19-13)16(2,3)4/h9,12H,6-8,10H2,1-5H3,(H,20,21)(H,17,18,19). The van der Waals surface area contributed by atoms with Gasteiger partial charge >= 0.3 is 5.97 Å². The Hall–Kier alpha value is -1.69. The molecule has 0 aliphatic carbocycles. The summed E-state index contributed by atoms with van der Waals surface area (Å²) in [7, 11) is 1.60. The Balaban J connectivity index is 3.05. The van der Waals surface area contributed by atoms with Gasteiger partial charge in [0.15, 0.2) is 0 Å². The molecule has 1 atom stereocenters. The predicted octanol–water partition coefficient (Wildman–Crippen LogP) is 2.98. The molecule has 0 aliphatic heterocycles. The highest BCUT2D eigenvalue weighted by Crippen LogP contribution is 2.21. The van der Waals surface area contributed by atoms with Crippen molar-refractivity contribution in [1.29, 1.82) is 0 Å². The van der Waals surface area contributed by atoms with Crippen LogP contribution in [0.4, 0.5) is 5.82 Å². The van der Waals surface area contributed by atoms with Crippen molar-refractivity contribution < 1.29 is 14.6 Å². The van der Waals surface area contributed by atoms with Gasteiger partial charge in [0.05, 0.1) is 12.3 Å². The molecule has 0 bridgehead atoms. The van der Waals surface area contributed by atoms with E-state index in [1.54, 1.807) is 13.2 Å². The maximum absolute atomic E-state index is 11.4. The number of unbranched alkanes of at least 4 members (excludes halogenated alkanes) is 1. The lowest BCUT2D eigenvalue weighted by Gasteiger charge is -2.20. The molecule has 0 saturated heterocycles. The van der Waals surface area contributed by atoms with Gasteiger partial charge in [0.1, 0.15) is 17.7 Å². The van der Waals surface area contributed by atoms with Gasteiger partial charge in [-0.2, -0.15) is 0 Å². The Morgan fingerprint density at radius 1 is 1.41 bits per heavy atom. The second kappa shape index (κ2) is 8.08. The number of methoxy groups -OCH3 is 1. The summed E-state index contributed by atoms with van der Waals surface area (Å²) in [6, 6.07) is 1.11. The zero-order valence-corrected chi connectivity index (χ0v) is 14.1. The minimum atomic E-state index is -0.863. The van der Waals surface area contributed by atoms with E-state index >= 15 is 0 Å². The minimum Gasteiger partial charge on any atom is -0.480 e. The summed E-state index contributed by atoms with van der Waals surface area (Å²) in [5.41, 5.74) is 0.520. The van der Waals surface area contributed by atoms with Crippen LogP contribution in [-0.2, 0) is 21.6 Å². The van der Waals surface area contributed by atoms with Crippen LogP contribution in [0.15, 0.2) is 6.07 Å². The first kappa shape index (κ1) is 18.4. The van der Waals surface area contributed by atoms with Gasteiger partial charge in [0.2, 0.25) is 0 Å². The molecule has 1 heterocycles. The lowest BCUT2D eigenvalue weighted by Crippen LogP contribution is -2.30. The van der Waals surface area contributed by atoms with Gasteiger partial charge in [-0.25, -0.2) is 14.8 Å². The molecule has 0 spiro atoms. The van der Waals surface area contributed by atoms with Crippen LogP contribution in [0.3, 0.4) is 0 Å². The minimum absolute atomic E-state index is 0.220. The lowest BCUT2D eigenvalue weighted by atomic mass is 9.95. The first-order valence-electron chi connectivity index (χ1n) is 7.64. The summed E-state index contributed by atoms with van der Waals surface area (Å²) < 4.78 is 5.13. The maximum atomic E-state index is 11.4. The number of nitrogens with zero attached hydrogens (tertiary/aromatic N) is 2. The fourth-order valence-electron chi connectivity index (χ4n) is 1.97. The molecule has 0 aliphatic rings. The topological polar surface area (TPSA) is 84.3 Å². The van der Waals surface area contributed by atoms with Crippen molar-refractivity contribution in [2.45, 2.75) is 65.0 Å². The van der Waals surface area contributed by atoms with Crippen molar-refractivity contribution in [2.24, 2.45) is 0 Å². The van der Waals surface area contributed by atoms with Crippen LogP contribution >= 0.6 is 0 Å². The molecule has 2 N–H and O–H groups in total. The van der Waals surface area contributed by atoms with E-state index in [1.165, 1.54) is 0 Å². The van der Waals surface area contributed by atoms with E-state index < -0.39 is 12.0 Å². The largest absolute Gasteiger partial charge is 0.480 e. The average molecular weight is 309 g/mol. The van der Waals surface area contributed by atoms with E-state index in [1.807, 2.05) is 27.7 Å². The van der Waals surface area contributed by atoms with Crippen LogP contribution in [0.2, 0.25) is 0 Å². The lowest BCUT2D eigenvalue weighted by molar-refractivity contribution is -0.138. The summed E-state index contributed by atoms with van der Waals surface area (Å²) in [5.74, 6) is 0.345. The molecule has 0 radical (unpaired) electrons. The summed E-state index contributed by atoms with van der Waals surface area (Å²) in [6.07, 6.45) is 2.38. The number of carboxylic acids is 1. The van der Waals surface area contributed by atoms with E-state index in [0.29, 0.717) is 24.7 Å². The molecular formula is C16H27N3O3.